The lowest BCUT2D eigenvalue weighted by atomic mass is 10.0. The predicted molar refractivity (Wildman–Crippen MR) is 50.1 cm³/mol. The van der Waals surface area contributed by atoms with E-state index in [1.54, 1.807) is 0 Å². The second kappa shape index (κ2) is 4.61. The molecule has 12 heavy (non-hydrogen) atoms. The summed E-state index contributed by atoms with van der Waals surface area (Å²) < 4.78 is 0. The van der Waals surface area contributed by atoms with E-state index in [0.29, 0.717) is 18.2 Å². The third kappa shape index (κ3) is 3.35. The van der Waals surface area contributed by atoms with Crippen molar-refractivity contribution in [2.75, 3.05) is 20.6 Å². The molecule has 0 spiro atoms. The highest BCUT2D eigenvalue weighted by atomic mass is 16.1. The number of carbonyl (C=O) groups is 1. The number of likely N-dealkylation sites (N-methyl/N-ethyl adjacent to an activating group) is 1. The van der Waals surface area contributed by atoms with Gasteiger partial charge in [0, 0.05) is 6.42 Å². The van der Waals surface area contributed by atoms with Crippen LogP contribution in [0.5, 0.6) is 0 Å². The summed E-state index contributed by atoms with van der Waals surface area (Å²) in [6, 6.07) is 0. The maximum atomic E-state index is 11.4. The quantitative estimate of drug-likeness (QED) is 0.638. The van der Waals surface area contributed by atoms with Crippen LogP contribution in [-0.2, 0) is 4.79 Å². The molecule has 0 aromatic heterocycles. The van der Waals surface area contributed by atoms with Crippen LogP contribution in [0.2, 0.25) is 0 Å². The molecule has 0 aliphatic heterocycles. The standard InChI is InChI=1S/C10H19NO/c1-11(2)8-10(12)7-9-5-3-4-6-9/h9H,3-8H2,1-2H3. The molecule has 0 bridgehead atoms. The summed E-state index contributed by atoms with van der Waals surface area (Å²) in [6.07, 6.45) is 6.04. The van der Waals surface area contributed by atoms with Crippen LogP contribution in [0.25, 0.3) is 0 Å². The van der Waals surface area contributed by atoms with Crippen molar-refractivity contribution in [2.45, 2.75) is 32.1 Å². The Balaban J connectivity index is 2.16. The first kappa shape index (κ1) is 9.72. The monoisotopic (exact) mass is 169 g/mol. The number of nitrogens with zero attached hydrogens (tertiary/aromatic N) is 1. The van der Waals surface area contributed by atoms with Crippen LogP contribution in [-0.4, -0.2) is 31.3 Å². The molecule has 0 aromatic rings. The number of Topliss-reactive ketones (excluding diaryl/α,β-unsaturated/α-hetero) is 1. The first-order chi connectivity index (χ1) is 5.68. The molecule has 0 atom stereocenters. The van der Waals surface area contributed by atoms with E-state index in [-0.39, 0.29) is 0 Å². The molecule has 1 rings (SSSR count). The Bertz CT molecular complexity index is 148. The number of hydrogen-bond acceptors (Lipinski definition) is 2. The van der Waals surface area contributed by atoms with Gasteiger partial charge in [-0.15, -0.1) is 0 Å². The number of hydrogen-bond donors (Lipinski definition) is 0. The van der Waals surface area contributed by atoms with Gasteiger partial charge in [0.1, 0.15) is 5.78 Å². The van der Waals surface area contributed by atoms with Crippen LogP contribution in [0.1, 0.15) is 32.1 Å². The van der Waals surface area contributed by atoms with E-state index in [9.17, 15) is 4.79 Å². The van der Waals surface area contributed by atoms with Gasteiger partial charge in [0.05, 0.1) is 6.54 Å². The lowest BCUT2D eigenvalue weighted by Gasteiger charge is -2.11. The maximum absolute atomic E-state index is 11.4. The number of carbonyl (C=O) groups excluding carboxylic acids is 1. The van der Waals surface area contributed by atoms with Crippen LogP contribution in [0.3, 0.4) is 0 Å². The SMILES string of the molecule is CN(C)CC(=O)CC1CCCC1. The molecule has 0 radical (unpaired) electrons. The average molecular weight is 169 g/mol. The van der Waals surface area contributed by atoms with Crippen LogP contribution >= 0.6 is 0 Å². The van der Waals surface area contributed by atoms with Gasteiger partial charge in [-0.05, 0) is 20.0 Å². The van der Waals surface area contributed by atoms with Gasteiger partial charge in [-0.1, -0.05) is 25.7 Å². The van der Waals surface area contributed by atoms with E-state index in [2.05, 4.69) is 0 Å². The maximum Gasteiger partial charge on any atom is 0.147 e. The largest absolute Gasteiger partial charge is 0.302 e. The van der Waals surface area contributed by atoms with Crippen LogP contribution < -0.4 is 0 Å². The first-order valence-electron chi connectivity index (χ1n) is 4.85. The zero-order valence-corrected chi connectivity index (χ0v) is 8.18. The molecule has 1 aliphatic rings. The highest BCUT2D eigenvalue weighted by Gasteiger charge is 2.18. The minimum atomic E-state index is 0.409. The Kier molecular flexibility index (Phi) is 3.73. The molecule has 1 aliphatic carbocycles. The zero-order valence-electron chi connectivity index (χ0n) is 8.18. The van der Waals surface area contributed by atoms with Crippen molar-refractivity contribution in [2.24, 2.45) is 5.92 Å². The van der Waals surface area contributed by atoms with Crippen molar-refractivity contribution in [3.05, 3.63) is 0 Å². The van der Waals surface area contributed by atoms with E-state index in [1.165, 1.54) is 25.7 Å². The lowest BCUT2D eigenvalue weighted by molar-refractivity contribution is -0.120. The van der Waals surface area contributed by atoms with Crippen molar-refractivity contribution >= 4 is 5.78 Å². The third-order valence-corrected chi connectivity index (χ3v) is 2.48. The van der Waals surface area contributed by atoms with Crippen LogP contribution in [0, 0.1) is 5.92 Å². The van der Waals surface area contributed by atoms with Crippen molar-refractivity contribution < 1.29 is 4.79 Å². The first-order valence-corrected chi connectivity index (χ1v) is 4.85. The molecule has 2 heteroatoms. The molecule has 0 aromatic carbocycles. The van der Waals surface area contributed by atoms with E-state index in [0.717, 1.165) is 6.42 Å². The van der Waals surface area contributed by atoms with Gasteiger partial charge in [-0.3, -0.25) is 4.79 Å². The molecule has 0 unspecified atom stereocenters. The van der Waals surface area contributed by atoms with Gasteiger partial charge in [0.25, 0.3) is 0 Å². The number of rotatable bonds is 4. The highest BCUT2D eigenvalue weighted by Crippen LogP contribution is 2.27. The van der Waals surface area contributed by atoms with E-state index in [1.807, 2.05) is 19.0 Å². The van der Waals surface area contributed by atoms with Gasteiger partial charge in [-0.2, -0.15) is 0 Å². The summed E-state index contributed by atoms with van der Waals surface area (Å²) >= 11 is 0. The molecule has 1 fully saturated rings. The zero-order chi connectivity index (χ0) is 8.97. The molecule has 0 amide bonds. The summed E-state index contributed by atoms with van der Waals surface area (Å²) in [4.78, 5) is 13.3. The lowest BCUT2D eigenvalue weighted by Crippen LogP contribution is -2.22. The summed E-state index contributed by atoms with van der Waals surface area (Å²) in [5, 5.41) is 0. The summed E-state index contributed by atoms with van der Waals surface area (Å²) in [5.41, 5.74) is 0. The average Bonchev–Trinajstić information content (AvgIpc) is 2.37. The Hall–Kier alpha value is -0.370. The fourth-order valence-corrected chi connectivity index (χ4v) is 1.95. The van der Waals surface area contributed by atoms with Gasteiger partial charge in [0.15, 0.2) is 0 Å². The minimum Gasteiger partial charge on any atom is -0.302 e. The molecular formula is C10H19NO. The summed E-state index contributed by atoms with van der Waals surface area (Å²) in [7, 11) is 3.90. The van der Waals surface area contributed by atoms with Gasteiger partial charge in [0.2, 0.25) is 0 Å². The van der Waals surface area contributed by atoms with Gasteiger partial charge in [-0.25, -0.2) is 0 Å². The fraction of sp³-hybridized carbons (Fsp3) is 0.900. The predicted octanol–water partition coefficient (Wildman–Crippen LogP) is 1.70. The smallest absolute Gasteiger partial charge is 0.147 e. The summed E-state index contributed by atoms with van der Waals surface area (Å²) in [6.45, 7) is 0.622. The molecule has 70 valence electrons. The Labute approximate surface area is 74.9 Å². The summed E-state index contributed by atoms with van der Waals surface area (Å²) in [5.74, 6) is 1.12. The second-order valence-electron chi connectivity index (χ2n) is 4.13. The molecule has 0 heterocycles. The van der Waals surface area contributed by atoms with Crippen molar-refractivity contribution in [1.29, 1.82) is 0 Å². The molecule has 0 N–H and O–H groups in total. The Morgan fingerprint density at radius 3 is 2.42 bits per heavy atom. The minimum absolute atomic E-state index is 0.409. The molecular weight excluding hydrogens is 150 g/mol. The Morgan fingerprint density at radius 1 is 1.33 bits per heavy atom. The molecule has 2 nitrogen and oxygen atoms in total. The third-order valence-electron chi connectivity index (χ3n) is 2.48. The Morgan fingerprint density at radius 2 is 1.92 bits per heavy atom. The van der Waals surface area contributed by atoms with Crippen LogP contribution in [0.4, 0.5) is 0 Å². The topological polar surface area (TPSA) is 20.3 Å². The fourth-order valence-electron chi connectivity index (χ4n) is 1.95. The highest BCUT2D eigenvalue weighted by molar-refractivity contribution is 5.80. The van der Waals surface area contributed by atoms with E-state index >= 15 is 0 Å². The normalized spacial score (nSPS) is 18.9. The van der Waals surface area contributed by atoms with E-state index < -0.39 is 0 Å². The molecule has 1 saturated carbocycles. The van der Waals surface area contributed by atoms with Gasteiger partial charge < -0.3 is 4.90 Å². The van der Waals surface area contributed by atoms with Crippen molar-refractivity contribution in [3.8, 4) is 0 Å². The van der Waals surface area contributed by atoms with Crippen molar-refractivity contribution in [3.63, 3.8) is 0 Å². The van der Waals surface area contributed by atoms with E-state index in [4.69, 9.17) is 0 Å². The van der Waals surface area contributed by atoms with Gasteiger partial charge >= 0.3 is 0 Å². The van der Waals surface area contributed by atoms with Crippen molar-refractivity contribution in [1.82, 2.24) is 4.90 Å². The number of ketones is 1. The second-order valence-corrected chi connectivity index (χ2v) is 4.13. The van der Waals surface area contributed by atoms with Crippen LogP contribution in [0.15, 0.2) is 0 Å². The molecule has 0 saturated heterocycles.